The van der Waals surface area contributed by atoms with Crippen LogP contribution in [-0.4, -0.2) is 5.91 Å². The molecule has 0 unspecified atom stereocenters. The molecule has 0 heterocycles. The maximum atomic E-state index is 13.3. The predicted octanol–water partition coefficient (Wildman–Crippen LogP) is 5.70. The zero-order valence-electron chi connectivity index (χ0n) is 14.2. The fourth-order valence-corrected chi connectivity index (χ4v) is 2.53. The van der Waals surface area contributed by atoms with E-state index in [0.717, 1.165) is 17.2 Å². The highest BCUT2D eigenvalue weighted by Gasteiger charge is 2.07. The van der Waals surface area contributed by atoms with E-state index in [4.69, 9.17) is 0 Å². The zero-order chi connectivity index (χ0) is 18.5. The molecule has 0 saturated heterocycles. The lowest BCUT2D eigenvalue weighted by Crippen LogP contribution is -2.12. The summed E-state index contributed by atoms with van der Waals surface area (Å²) < 4.78 is 26.5. The lowest BCUT2D eigenvalue weighted by molar-refractivity contribution is 0.102. The largest absolute Gasteiger partial charge is 0.322 e. The van der Waals surface area contributed by atoms with Crippen LogP contribution in [0, 0.1) is 18.6 Å². The van der Waals surface area contributed by atoms with Crippen LogP contribution in [0.25, 0.3) is 12.2 Å². The molecule has 0 aliphatic rings. The second-order valence-electron chi connectivity index (χ2n) is 5.93. The van der Waals surface area contributed by atoms with Gasteiger partial charge in [0.2, 0.25) is 0 Å². The average molecular weight is 349 g/mol. The molecule has 3 aromatic rings. The molecular formula is C22H17F2NO. The van der Waals surface area contributed by atoms with Gasteiger partial charge in [-0.1, -0.05) is 42.5 Å². The van der Waals surface area contributed by atoms with Crippen LogP contribution in [0.3, 0.4) is 0 Å². The summed E-state index contributed by atoms with van der Waals surface area (Å²) in [6.45, 7) is 1.90. The number of benzene rings is 3. The summed E-state index contributed by atoms with van der Waals surface area (Å²) in [5.74, 6) is -1.43. The molecule has 26 heavy (non-hydrogen) atoms. The Balaban J connectivity index is 1.81. The molecule has 3 rings (SSSR count). The molecule has 0 saturated carbocycles. The Morgan fingerprint density at radius 2 is 1.50 bits per heavy atom. The van der Waals surface area contributed by atoms with Gasteiger partial charge in [-0.2, -0.15) is 0 Å². The monoisotopic (exact) mass is 349 g/mol. The first kappa shape index (κ1) is 17.5. The Morgan fingerprint density at radius 3 is 2.19 bits per heavy atom. The van der Waals surface area contributed by atoms with Crippen LogP contribution < -0.4 is 5.32 Å². The summed E-state index contributed by atoms with van der Waals surface area (Å²) >= 11 is 0. The molecule has 1 amide bonds. The fourth-order valence-electron chi connectivity index (χ4n) is 2.53. The third-order valence-corrected chi connectivity index (χ3v) is 3.90. The fraction of sp³-hybridized carbons (Fsp3) is 0.0455. The van der Waals surface area contributed by atoms with Crippen molar-refractivity contribution in [3.05, 3.63) is 101 Å². The Kier molecular flexibility index (Phi) is 5.23. The van der Waals surface area contributed by atoms with Gasteiger partial charge in [0.1, 0.15) is 11.6 Å². The maximum Gasteiger partial charge on any atom is 0.255 e. The number of hydrogen-bond donors (Lipinski definition) is 1. The third-order valence-electron chi connectivity index (χ3n) is 3.90. The minimum absolute atomic E-state index is 0.193. The normalized spacial score (nSPS) is 10.9. The molecule has 0 fully saturated rings. The third kappa shape index (κ3) is 4.42. The van der Waals surface area contributed by atoms with Gasteiger partial charge in [0.05, 0.1) is 0 Å². The Labute approximate surface area is 150 Å². The van der Waals surface area contributed by atoms with Crippen molar-refractivity contribution in [2.75, 3.05) is 5.32 Å². The first-order valence-corrected chi connectivity index (χ1v) is 8.12. The van der Waals surface area contributed by atoms with Gasteiger partial charge in [-0.15, -0.1) is 0 Å². The number of carbonyl (C=O) groups is 1. The minimum Gasteiger partial charge on any atom is -0.322 e. The lowest BCUT2D eigenvalue weighted by Gasteiger charge is -2.09. The van der Waals surface area contributed by atoms with Crippen LogP contribution >= 0.6 is 0 Å². The molecule has 0 aliphatic carbocycles. The molecular weight excluding hydrogens is 332 g/mol. The molecule has 4 heteroatoms. The number of rotatable bonds is 4. The molecule has 0 bridgehead atoms. The van der Waals surface area contributed by atoms with Gasteiger partial charge in [0, 0.05) is 17.3 Å². The maximum absolute atomic E-state index is 13.3. The van der Waals surface area contributed by atoms with Gasteiger partial charge in [0.15, 0.2) is 0 Å². The number of aryl methyl sites for hydroxylation is 1. The molecule has 130 valence electrons. The Morgan fingerprint density at radius 1 is 0.846 bits per heavy atom. The van der Waals surface area contributed by atoms with E-state index in [1.54, 1.807) is 36.4 Å². The number of anilines is 1. The SMILES string of the molecule is Cc1ccc(/C=C/c2cc(F)cc(F)c2)cc1NC(=O)c1ccccc1. The second kappa shape index (κ2) is 7.74. The van der Waals surface area contributed by atoms with Crippen molar-refractivity contribution in [3.8, 4) is 0 Å². The number of carbonyl (C=O) groups excluding carboxylic acids is 1. The highest BCUT2D eigenvalue weighted by molar-refractivity contribution is 6.04. The van der Waals surface area contributed by atoms with E-state index in [-0.39, 0.29) is 5.91 Å². The van der Waals surface area contributed by atoms with Gasteiger partial charge in [0.25, 0.3) is 5.91 Å². The molecule has 3 aromatic carbocycles. The number of hydrogen-bond acceptors (Lipinski definition) is 1. The summed E-state index contributed by atoms with van der Waals surface area (Å²) in [6, 6.07) is 17.9. The summed E-state index contributed by atoms with van der Waals surface area (Å²) in [6.07, 6.45) is 3.37. The molecule has 0 atom stereocenters. The quantitative estimate of drug-likeness (QED) is 0.602. The first-order chi connectivity index (χ1) is 12.5. The molecule has 0 spiro atoms. The van der Waals surface area contributed by atoms with Crippen LogP contribution in [-0.2, 0) is 0 Å². The van der Waals surface area contributed by atoms with E-state index in [1.165, 1.54) is 12.1 Å². The number of halogens is 2. The van der Waals surface area contributed by atoms with Gasteiger partial charge < -0.3 is 5.32 Å². The van der Waals surface area contributed by atoms with Crippen LogP contribution in [0.4, 0.5) is 14.5 Å². The van der Waals surface area contributed by atoms with Crippen molar-refractivity contribution < 1.29 is 13.6 Å². The zero-order valence-corrected chi connectivity index (χ0v) is 14.2. The number of amides is 1. The van der Waals surface area contributed by atoms with Crippen LogP contribution in [0.15, 0.2) is 66.7 Å². The van der Waals surface area contributed by atoms with Crippen LogP contribution in [0.1, 0.15) is 27.0 Å². The summed E-state index contributed by atoms with van der Waals surface area (Å²) in [7, 11) is 0. The second-order valence-corrected chi connectivity index (χ2v) is 5.93. The van der Waals surface area contributed by atoms with Crippen molar-refractivity contribution >= 4 is 23.7 Å². The van der Waals surface area contributed by atoms with Crippen molar-refractivity contribution in [3.63, 3.8) is 0 Å². The van der Waals surface area contributed by atoms with Gasteiger partial charge in [-0.3, -0.25) is 4.79 Å². The predicted molar refractivity (Wildman–Crippen MR) is 101 cm³/mol. The smallest absolute Gasteiger partial charge is 0.255 e. The van der Waals surface area contributed by atoms with Gasteiger partial charge in [-0.25, -0.2) is 8.78 Å². The standard InChI is InChI=1S/C22H17F2NO/c1-15-7-8-16(9-10-17-11-19(23)14-20(24)12-17)13-21(15)25-22(26)18-5-3-2-4-6-18/h2-14H,1H3,(H,25,26)/b10-9+. The topological polar surface area (TPSA) is 29.1 Å². The Bertz CT molecular complexity index is 945. The lowest BCUT2D eigenvalue weighted by atomic mass is 10.1. The molecule has 0 aromatic heterocycles. The summed E-state index contributed by atoms with van der Waals surface area (Å²) in [5.41, 5.74) is 3.42. The van der Waals surface area contributed by atoms with Crippen molar-refractivity contribution in [1.82, 2.24) is 0 Å². The molecule has 2 nitrogen and oxygen atoms in total. The van der Waals surface area contributed by atoms with E-state index in [2.05, 4.69) is 5.32 Å². The van der Waals surface area contributed by atoms with E-state index in [0.29, 0.717) is 16.8 Å². The van der Waals surface area contributed by atoms with Gasteiger partial charge >= 0.3 is 0 Å². The van der Waals surface area contributed by atoms with E-state index in [1.807, 2.05) is 31.2 Å². The number of nitrogens with one attached hydrogen (secondary N) is 1. The van der Waals surface area contributed by atoms with E-state index >= 15 is 0 Å². The minimum atomic E-state index is -0.621. The highest BCUT2D eigenvalue weighted by Crippen LogP contribution is 2.20. The van der Waals surface area contributed by atoms with E-state index in [9.17, 15) is 13.6 Å². The first-order valence-electron chi connectivity index (χ1n) is 8.12. The summed E-state index contributed by atoms with van der Waals surface area (Å²) in [5, 5.41) is 2.89. The van der Waals surface area contributed by atoms with Crippen molar-refractivity contribution in [1.29, 1.82) is 0 Å². The van der Waals surface area contributed by atoms with E-state index < -0.39 is 11.6 Å². The molecule has 0 aliphatic heterocycles. The van der Waals surface area contributed by atoms with Crippen LogP contribution in [0.2, 0.25) is 0 Å². The van der Waals surface area contributed by atoms with Gasteiger partial charge in [-0.05, 0) is 53.9 Å². The highest BCUT2D eigenvalue weighted by atomic mass is 19.1. The average Bonchev–Trinajstić information content (AvgIpc) is 2.62. The van der Waals surface area contributed by atoms with Crippen LogP contribution in [0.5, 0.6) is 0 Å². The Hall–Kier alpha value is -3.27. The van der Waals surface area contributed by atoms with Crippen molar-refractivity contribution in [2.45, 2.75) is 6.92 Å². The molecule has 1 N–H and O–H groups in total. The van der Waals surface area contributed by atoms with Crippen molar-refractivity contribution in [2.24, 2.45) is 0 Å². The molecule has 0 radical (unpaired) electrons. The summed E-state index contributed by atoms with van der Waals surface area (Å²) in [4.78, 5) is 12.3.